The second kappa shape index (κ2) is 26.7. The molecule has 0 rings (SSSR count). The number of hydrogen-bond acceptors (Lipinski definition) is 3. The Bertz CT molecular complexity index is 424. The largest absolute Gasteiger partial charge is 0.480 e. The van der Waals surface area contributed by atoms with Gasteiger partial charge in [0.05, 0.1) is 6.54 Å². The van der Waals surface area contributed by atoms with Crippen molar-refractivity contribution < 1.29 is 19.8 Å². The first-order valence-electron chi connectivity index (χ1n) is 12.8. The first kappa shape index (κ1) is 31.8. The third-order valence-corrected chi connectivity index (χ3v) is 5.56. The lowest BCUT2D eigenvalue weighted by atomic mass is 10.0. The maximum Gasteiger partial charge on any atom is 0.330 e. The van der Waals surface area contributed by atoms with Crippen LogP contribution in [0.1, 0.15) is 135 Å². The van der Waals surface area contributed by atoms with Gasteiger partial charge >= 0.3 is 11.9 Å². The van der Waals surface area contributed by atoms with Gasteiger partial charge in [-0.1, -0.05) is 129 Å². The zero-order valence-electron chi connectivity index (χ0n) is 20.3. The van der Waals surface area contributed by atoms with Gasteiger partial charge in [-0.15, -0.1) is 0 Å². The average Bonchev–Trinajstić information content (AvgIpc) is 2.75. The van der Waals surface area contributed by atoms with Crippen LogP contribution in [0.2, 0.25) is 0 Å². The predicted molar refractivity (Wildman–Crippen MR) is 131 cm³/mol. The summed E-state index contributed by atoms with van der Waals surface area (Å²) >= 11 is 0. The van der Waals surface area contributed by atoms with Crippen molar-refractivity contribution in [3.8, 4) is 0 Å². The van der Waals surface area contributed by atoms with Gasteiger partial charge in [-0.25, -0.2) is 4.79 Å². The molecule has 31 heavy (non-hydrogen) atoms. The van der Waals surface area contributed by atoms with Crippen LogP contribution in [0.5, 0.6) is 0 Å². The van der Waals surface area contributed by atoms with E-state index >= 15 is 0 Å². The Morgan fingerprint density at radius 2 is 0.871 bits per heavy atom. The van der Waals surface area contributed by atoms with E-state index in [-0.39, 0.29) is 6.54 Å². The molecule has 0 aliphatic rings. The summed E-state index contributed by atoms with van der Waals surface area (Å²) in [4.78, 5) is 19.9. The van der Waals surface area contributed by atoms with Gasteiger partial charge in [-0.05, 0) is 12.8 Å². The van der Waals surface area contributed by atoms with Crippen LogP contribution in [0, 0.1) is 0 Å². The Balaban J connectivity index is 0. The number of rotatable bonds is 22. The number of carboxylic acid groups (broad SMARTS) is 2. The van der Waals surface area contributed by atoms with E-state index in [1.54, 1.807) is 0 Å². The zero-order valence-corrected chi connectivity index (χ0v) is 20.3. The monoisotopic (exact) mass is 441 g/mol. The second-order valence-electron chi connectivity index (χ2n) is 8.62. The minimum Gasteiger partial charge on any atom is -0.480 e. The molecule has 184 valence electrons. The molecule has 0 aromatic rings. The Morgan fingerprint density at radius 3 is 1.10 bits per heavy atom. The van der Waals surface area contributed by atoms with E-state index in [1.807, 2.05) is 0 Å². The summed E-state index contributed by atoms with van der Waals surface area (Å²) < 4.78 is 0. The van der Waals surface area contributed by atoms with Crippen LogP contribution in [0.4, 0.5) is 0 Å². The van der Waals surface area contributed by atoms with Crippen LogP contribution >= 0.6 is 0 Å². The van der Waals surface area contributed by atoms with Gasteiger partial charge in [0.25, 0.3) is 0 Å². The number of nitrogens with two attached hydrogens (primary N) is 1. The maximum absolute atomic E-state index is 10.6. The van der Waals surface area contributed by atoms with E-state index in [4.69, 9.17) is 10.2 Å². The van der Waals surface area contributed by atoms with Crippen LogP contribution in [-0.2, 0) is 9.59 Å². The number of carboxylic acids is 2. The highest BCUT2D eigenvalue weighted by Crippen LogP contribution is 2.15. The topological polar surface area (TPSA) is 101 Å². The summed E-state index contributed by atoms with van der Waals surface area (Å²) in [6.45, 7) is 5.58. The standard InChI is InChI=1S/C24H46O2.C2H5NO2/c1-3-4-5-6-7-8-9-10-11-12-13-14-15-16-17-18-19-20-21-22-23(2)24(25)26;3-1-2(4)5/h2-22H2,1H3,(H,25,26);1,3H2,(H,4,5). The summed E-state index contributed by atoms with van der Waals surface area (Å²) in [7, 11) is 0. The van der Waals surface area contributed by atoms with E-state index < -0.39 is 11.9 Å². The molecule has 5 nitrogen and oxygen atoms in total. The molecule has 0 bridgehead atoms. The van der Waals surface area contributed by atoms with Crippen LogP contribution in [0.3, 0.4) is 0 Å². The summed E-state index contributed by atoms with van der Waals surface area (Å²) in [5.74, 6) is -1.81. The Morgan fingerprint density at radius 1 is 0.613 bits per heavy atom. The highest BCUT2D eigenvalue weighted by atomic mass is 16.4. The van der Waals surface area contributed by atoms with Gasteiger partial charge in [0.2, 0.25) is 0 Å². The molecule has 0 aromatic carbocycles. The molecular formula is C26H51NO4. The first-order valence-corrected chi connectivity index (χ1v) is 12.8. The molecule has 0 spiro atoms. The van der Waals surface area contributed by atoms with Crippen molar-refractivity contribution >= 4 is 11.9 Å². The Hall–Kier alpha value is -1.36. The quantitative estimate of drug-likeness (QED) is 0.119. The normalized spacial score (nSPS) is 10.4. The summed E-state index contributed by atoms with van der Waals surface area (Å²) in [5.41, 5.74) is 4.93. The molecule has 4 N–H and O–H groups in total. The van der Waals surface area contributed by atoms with Crippen molar-refractivity contribution in [1.82, 2.24) is 0 Å². The first-order chi connectivity index (χ1) is 15.0. The molecule has 0 heterocycles. The molecule has 0 radical (unpaired) electrons. The third-order valence-electron chi connectivity index (χ3n) is 5.56. The van der Waals surface area contributed by atoms with Crippen LogP contribution in [0.15, 0.2) is 12.2 Å². The van der Waals surface area contributed by atoms with Crippen molar-refractivity contribution in [3.63, 3.8) is 0 Å². The fraction of sp³-hybridized carbons (Fsp3) is 0.846. The van der Waals surface area contributed by atoms with Crippen molar-refractivity contribution in [2.45, 2.75) is 135 Å². The lowest BCUT2D eigenvalue weighted by Gasteiger charge is -2.04. The fourth-order valence-corrected chi connectivity index (χ4v) is 3.52. The second-order valence-corrected chi connectivity index (χ2v) is 8.62. The van der Waals surface area contributed by atoms with Gasteiger partial charge < -0.3 is 15.9 Å². The van der Waals surface area contributed by atoms with Crippen molar-refractivity contribution in [2.24, 2.45) is 5.73 Å². The van der Waals surface area contributed by atoms with E-state index in [0.29, 0.717) is 12.0 Å². The number of aliphatic carboxylic acids is 2. The number of hydrogen-bond donors (Lipinski definition) is 3. The SMILES string of the molecule is C=C(CCCCCCCCCCCCCCCCCCCCC)C(=O)O.NCC(=O)O. The third kappa shape index (κ3) is 30.9. The molecule has 5 heteroatoms. The molecule has 0 fully saturated rings. The molecule has 0 saturated heterocycles. The lowest BCUT2D eigenvalue weighted by molar-refractivity contribution is -0.135. The molecule has 0 saturated carbocycles. The van der Waals surface area contributed by atoms with E-state index in [2.05, 4.69) is 19.2 Å². The smallest absolute Gasteiger partial charge is 0.330 e. The average molecular weight is 442 g/mol. The van der Waals surface area contributed by atoms with Gasteiger partial charge in [0.1, 0.15) is 0 Å². The molecular weight excluding hydrogens is 390 g/mol. The highest BCUT2D eigenvalue weighted by molar-refractivity contribution is 5.85. The van der Waals surface area contributed by atoms with E-state index in [9.17, 15) is 9.59 Å². The molecule has 0 atom stereocenters. The summed E-state index contributed by atoms with van der Waals surface area (Å²) in [6, 6.07) is 0. The molecule has 0 aromatic heterocycles. The fourth-order valence-electron chi connectivity index (χ4n) is 3.52. The molecule has 0 aliphatic carbocycles. The van der Waals surface area contributed by atoms with Gasteiger partial charge in [0.15, 0.2) is 0 Å². The number of unbranched alkanes of at least 4 members (excludes halogenated alkanes) is 18. The molecule has 0 aliphatic heterocycles. The minimum atomic E-state index is -0.968. The van der Waals surface area contributed by atoms with Gasteiger partial charge in [0, 0.05) is 5.57 Å². The molecule has 0 unspecified atom stereocenters. The highest BCUT2D eigenvalue weighted by Gasteiger charge is 2.02. The van der Waals surface area contributed by atoms with E-state index in [0.717, 1.165) is 12.8 Å². The predicted octanol–water partition coefficient (Wildman–Crippen LogP) is 7.48. The van der Waals surface area contributed by atoms with Crippen molar-refractivity contribution in [3.05, 3.63) is 12.2 Å². The van der Waals surface area contributed by atoms with Gasteiger partial charge in [-0.2, -0.15) is 0 Å². The Labute approximate surface area is 191 Å². The zero-order chi connectivity index (χ0) is 23.6. The van der Waals surface area contributed by atoms with Gasteiger partial charge in [-0.3, -0.25) is 4.79 Å². The summed E-state index contributed by atoms with van der Waals surface area (Å²) in [6.07, 6.45) is 26.6. The maximum atomic E-state index is 10.6. The Kier molecular flexibility index (Phi) is 27.4. The van der Waals surface area contributed by atoms with Crippen LogP contribution in [-0.4, -0.2) is 28.7 Å². The lowest BCUT2D eigenvalue weighted by Crippen LogP contribution is -2.10. The molecule has 0 amide bonds. The van der Waals surface area contributed by atoms with Crippen molar-refractivity contribution in [2.75, 3.05) is 6.54 Å². The van der Waals surface area contributed by atoms with Crippen LogP contribution in [0.25, 0.3) is 0 Å². The van der Waals surface area contributed by atoms with Crippen molar-refractivity contribution in [1.29, 1.82) is 0 Å². The van der Waals surface area contributed by atoms with E-state index in [1.165, 1.54) is 109 Å². The number of carbonyl (C=O) groups is 2. The summed E-state index contributed by atoms with van der Waals surface area (Å²) in [5, 5.41) is 16.3. The van der Waals surface area contributed by atoms with Crippen LogP contribution < -0.4 is 5.73 Å². The minimum absolute atomic E-state index is 0.278.